The van der Waals surface area contributed by atoms with E-state index in [2.05, 4.69) is 10.3 Å². The molecule has 7 nitrogen and oxygen atoms in total. The molecule has 0 aliphatic rings. The van der Waals surface area contributed by atoms with Crippen LogP contribution in [0.3, 0.4) is 0 Å². The van der Waals surface area contributed by atoms with E-state index < -0.39 is 4.92 Å². The number of hydrogen-bond donors (Lipinski definition) is 1. The lowest BCUT2D eigenvalue weighted by molar-refractivity contribution is -0.384. The number of hydrogen-bond acceptors (Lipinski definition) is 6. The predicted octanol–water partition coefficient (Wildman–Crippen LogP) is 4.29. The van der Waals surface area contributed by atoms with Crippen molar-refractivity contribution in [3.8, 4) is 17.0 Å². The molecule has 0 radical (unpaired) electrons. The van der Waals surface area contributed by atoms with Gasteiger partial charge in [-0.05, 0) is 31.2 Å². The molecule has 0 aliphatic heterocycles. The van der Waals surface area contributed by atoms with E-state index >= 15 is 0 Å². The molecule has 0 saturated heterocycles. The summed E-state index contributed by atoms with van der Waals surface area (Å²) in [6.07, 6.45) is 0. The molecule has 132 valence electrons. The fourth-order valence-electron chi connectivity index (χ4n) is 2.44. The lowest BCUT2D eigenvalue weighted by Crippen LogP contribution is -2.12. The van der Waals surface area contributed by atoms with Crippen LogP contribution in [-0.2, 0) is 0 Å². The zero-order valence-electron chi connectivity index (χ0n) is 14.1. The van der Waals surface area contributed by atoms with Crippen molar-refractivity contribution in [2.75, 3.05) is 12.4 Å². The molecule has 1 aromatic heterocycles. The largest absolute Gasteiger partial charge is 0.495 e. The van der Waals surface area contributed by atoms with Crippen molar-refractivity contribution >= 4 is 28.6 Å². The fraction of sp³-hybridized carbons (Fsp3) is 0.111. The number of nitro groups is 1. The van der Waals surface area contributed by atoms with E-state index in [-0.39, 0.29) is 11.6 Å². The summed E-state index contributed by atoms with van der Waals surface area (Å²) in [5, 5.41) is 14.4. The van der Waals surface area contributed by atoms with Gasteiger partial charge in [-0.1, -0.05) is 12.1 Å². The van der Waals surface area contributed by atoms with E-state index in [0.717, 1.165) is 5.01 Å². The second-order valence-electron chi connectivity index (χ2n) is 5.37. The first-order chi connectivity index (χ1) is 12.5. The number of ether oxygens (including phenoxy) is 1. The molecule has 0 aliphatic carbocycles. The number of non-ortho nitro benzene ring substituents is 1. The maximum absolute atomic E-state index is 12.8. The lowest BCUT2D eigenvalue weighted by atomic mass is 10.1. The Morgan fingerprint density at radius 1 is 1.19 bits per heavy atom. The highest BCUT2D eigenvalue weighted by Crippen LogP contribution is 2.31. The van der Waals surface area contributed by atoms with Crippen molar-refractivity contribution < 1.29 is 14.5 Å². The molecule has 3 rings (SSSR count). The number of para-hydroxylation sites is 2. The Morgan fingerprint density at radius 3 is 2.54 bits per heavy atom. The number of nitro benzene ring substituents is 1. The van der Waals surface area contributed by atoms with Crippen LogP contribution in [0, 0.1) is 17.0 Å². The minimum absolute atomic E-state index is 0.0132. The van der Waals surface area contributed by atoms with Crippen LogP contribution in [0.5, 0.6) is 5.75 Å². The summed E-state index contributed by atoms with van der Waals surface area (Å²) >= 11 is 1.26. The van der Waals surface area contributed by atoms with Crippen LogP contribution in [0.15, 0.2) is 48.5 Å². The third-order valence-electron chi connectivity index (χ3n) is 3.65. The standard InChI is InChI=1S/C18H15N3O4S/c1-11-19-16(12-7-9-13(10-8-12)21(23)24)17(26-11)18(22)20-14-5-3-4-6-15(14)25-2/h3-10H,1-2H3,(H,20,22). The topological polar surface area (TPSA) is 94.4 Å². The van der Waals surface area contributed by atoms with Crippen molar-refractivity contribution in [1.82, 2.24) is 4.98 Å². The summed E-state index contributed by atoms with van der Waals surface area (Å²) in [5.74, 6) is 0.243. The van der Waals surface area contributed by atoms with Crippen LogP contribution in [-0.4, -0.2) is 22.9 Å². The van der Waals surface area contributed by atoms with E-state index in [0.29, 0.717) is 27.6 Å². The average Bonchev–Trinajstić information content (AvgIpc) is 3.04. The van der Waals surface area contributed by atoms with Gasteiger partial charge in [-0.2, -0.15) is 0 Å². The summed E-state index contributed by atoms with van der Waals surface area (Å²) < 4.78 is 5.25. The van der Waals surface area contributed by atoms with Gasteiger partial charge >= 0.3 is 0 Å². The number of thiazole rings is 1. The minimum atomic E-state index is -0.467. The van der Waals surface area contributed by atoms with Gasteiger partial charge in [0.1, 0.15) is 10.6 Å². The number of nitrogens with one attached hydrogen (secondary N) is 1. The molecule has 26 heavy (non-hydrogen) atoms. The van der Waals surface area contributed by atoms with Crippen LogP contribution in [0.2, 0.25) is 0 Å². The molecule has 0 atom stereocenters. The highest BCUT2D eigenvalue weighted by molar-refractivity contribution is 7.14. The summed E-state index contributed by atoms with van der Waals surface area (Å²) in [4.78, 5) is 28.0. The van der Waals surface area contributed by atoms with Crippen molar-refractivity contribution in [3.05, 3.63) is 68.5 Å². The second kappa shape index (κ2) is 7.32. The van der Waals surface area contributed by atoms with E-state index in [1.165, 1.54) is 30.6 Å². The molecule has 0 saturated carbocycles. The lowest BCUT2D eigenvalue weighted by Gasteiger charge is -2.09. The number of nitrogens with zero attached hydrogens (tertiary/aromatic N) is 2. The van der Waals surface area contributed by atoms with Gasteiger partial charge in [0, 0.05) is 17.7 Å². The van der Waals surface area contributed by atoms with Crippen molar-refractivity contribution in [2.45, 2.75) is 6.92 Å². The van der Waals surface area contributed by atoms with Gasteiger partial charge in [0.05, 0.1) is 28.4 Å². The van der Waals surface area contributed by atoms with Crippen LogP contribution < -0.4 is 10.1 Å². The highest BCUT2D eigenvalue weighted by atomic mass is 32.1. The summed E-state index contributed by atoms with van der Waals surface area (Å²) in [5.41, 5.74) is 1.68. The first-order valence-corrected chi connectivity index (χ1v) is 8.48. The van der Waals surface area contributed by atoms with Crippen LogP contribution in [0.4, 0.5) is 11.4 Å². The molecule has 3 aromatic rings. The minimum Gasteiger partial charge on any atom is -0.495 e. The second-order valence-corrected chi connectivity index (χ2v) is 6.57. The first-order valence-electron chi connectivity index (χ1n) is 7.66. The molecule has 0 unspecified atom stereocenters. The van der Waals surface area contributed by atoms with E-state index in [1.54, 1.807) is 37.3 Å². The Hall–Kier alpha value is -3.26. The zero-order chi connectivity index (χ0) is 18.7. The quantitative estimate of drug-likeness (QED) is 0.535. The number of aryl methyl sites for hydroxylation is 1. The normalized spacial score (nSPS) is 10.4. The number of rotatable bonds is 5. The maximum Gasteiger partial charge on any atom is 0.269 e. The van der Waals surface area contributed by atoms with Crippen LogP contribution in [0.1, 0.15) is 14.7 Å². The third-order valence-corrected chi connectivity index (χ3v) is 4.62. The summed E-state index contributed by atoms with van der Waals surface area (Å²) in [7, 11) is 1.53. The number of anilines is 1. The summed E-state index contributed by atoms with van der Waals surface area (Å²) in [6, 6.07) is 13.1. The van der Waals surface area contributed by atoms with Gasteiger partial charge < -0.3 is 10.1 Å². The van der Waals surface area contributed by atoms with Crippen molar-refractivity contribution in [1.29, 1.82) is 0 Å². The number of carbonyl (C=O) groups excluding carboxylic acids is 1. The maximum atomic E-state index is 12.8. The van der Waals surface area contributed by atoms with Crippen molar-refractivity contribution in [3.63, 3.8) is 0 Å². The van der Waals surface area contributed by atoms with Gasteiger partial charge in [0.2, 0.25) is 0 Å². The van der Waals surface area contributed by atoms with Gasteiger partial charge in [0.25, 0.3) is 11.6 Å². The van der Waals surface area contributed by atoms with Gasteiger partial charge in [-0.3, -0.25) is 14.9 Å². The number of carbonyl (C=O) groups is 1. The molecule has 1 N–H and O–H groups in total. The molecule has 1 heterocycles. The first kappa shape index (κ1) is 17.6. The van der Waals surface area contributed by atoms with Crippen LogP contribution >= 0.6 is 11.3 Å². The molecular formula is C18H15N3O4S. The van der Waals surface area contributed by atoms with Gasteiger partial charge in [-0.25, -0.2) is 4.98 Å². The number of aromatic nitrogens is 1. The molecule has 8 heteroatoms. The molecule has 0 spiro atoms. The third kappa shape index (κ3) is 3.55. The van der Waals surface area contributed by atoms with E-state index in [1.807, 2.05) is 6.07 Å². The van der Waals surface area contributed by atoms with E-state index in [9.17, 15) is 14.9 Å². The number of amides is 1. The SMILES string of the molecule is COc1ccccc1NC(=O)c1sc(C)nc1-c1ccc([N+](=O)[O-])cc1. The Labute approximate surface area is 153 Å². The Kier molecular flexibility index (Phi) is 4.94. The fourth-order valence-corrected chi connectivity index (χ4v) is 3.28. The molecule has 0 bridgehead atoms. The van der Waals surface area contributed by atoms with Crippen molar-refractivity contribution in [2.24, 2.45) is 0 Å². The smallest absolute Gasteiger partial charge is 0.269 e. The predicted molar refractivity (Wildman–Crippen MR) is 99.9 cm³/mol. The van der Waals surface area contributed by atoms with E-state index in [4.69, 9.17) is 4.74 Å². The molecule has 2 aromatic carbocycles. The monoisotopic (exact) mass is 369 g/mol. The Morgan fingerprint density at radius 2 is 1.88 bits per heavy atom. The number of benzene rings is 2. The van der Waals surface area contributed by atoms with Gasteiger partial charge in [-0.15, -0.1) is 11.3 Å². The number of methoxy groups -OCH3 is 1. The zero-order valence-corrected chi connectivity index (χ0v) is 14.9. The van der Waals surface area contributed by atoms with Gasteiger partial charge in [0.15, 0.2) is 0 Å². The highest BCUT2D eigenvalue weighted by Gasteiger charge is 2.20. The summed E-state index contributed by atoms with van der Waals surface area (Å²) in [6.45, 7) is 1.80. The Balaban J connectivity index is 1.93. The Bertz CT molecular complexity index is 967. The molecular weight excluding hydrogens is 354 g/mol. The molecule has 0 fully saturated rings. The van der Waals surface area contributed by atoms with Crippen LogP contribution in [0.25, 0.3) is 11.3 Å². The average molecular weight is 369 g/mol. The molecule has 1 amide bonds.